The molecule has 4 atom stereocenters. The van der Waals surface area contributed by atoms with Gasteiger partial charge in [-0.05, 0) is 47.5 Å². The summed E-state index contributed by atoms with van der Waals surface area (Å²) in [5.41, 5.74) is -2.88. The quantitative estimate of drug-likeness (QED) is 0.349. The van der Waals surface area contributed by atoms with Gasteiger partial charge < -0.3 is 29.5 Å². The number of fused-ring (bicyclic) bond motifs is 6. The van der Waals surface area contributed by atoms with Gasteiger partial charge in [-0.1, -0.05) is 83.9 Å². The molecule has 1 saturated heterocycles. The Kier molecular flexibility index (Phi) is 5.72. The third-order valence-electron chi connectivity index (χ3n) is 8.50. The van der Waals surface area contributed by atoms with Gasteiger partial charge >= 0.3 is 0 Å². The topological polar surface area (TPSA) is 99.5 Å². The van der Waals surface area contributed by atoms with Gasteiger partial charge in [-0.25, -0.2) is 0 Å². The Balaban J connectivity index is 1.66. The Morgan fingerprint density at radius 1 is 0.595 bits per heavy atom. The molecule has 7 rings (SSSR count). The predicted molar refractivity (Wildman–Crippen MR) is 156 cm³/mol. The Labute approximate surface area is 251 Å². The molecule has 3 aliphatic rings. The van der Waals surface area contributed by atoms with Crippen LogP contribution in [0.5, 0.6) is 0 Å². The van der Waals surface area contributed by atoms with E-state index in [-0.39, 0.29) is 32.3 Å². The average molecular weight is 603 g/mol. The number of rotatable bonds is 2. The van der Waals surface area contributed by atoms with E-state index in [9.17, 15) is 19.8 Å². The maximum absolute atomic E-state index is 14.4. The first-order valence-electron chi connectivity index (χ1n) is 13.1. The number of benzene rings is 4. The van der Waals surface area contributed by atoms with Crippen LogP contribution >= 0.6 is 23.2 Å². The van der Waals surface area contributed by atoms with Crippen molar-refractivity contribution in [3.63, 3.8) is 0 Å². The lowest BCUT2D eigenvalue weighted by Gasteiger charge is -2.64. The van der Waals surface area contributed by atoms with Crippen molar-refractivity contribution in [3.8, 4) is 0 Å². The van der Waals surface area contributed by atoms with Crippen molar-refractivity contribution in [2.75, 3.05) is 23.9 Å². The Bertz CT molecular complexity index is 1660. The van der Waals surface area contributed by atoms with Gasteiger partial charge in [0.25, 0.3) is 23.4 Å². The number of amides is 2. The molecule has 4 aromatic carbocycles. The molecule has 0 aliphatic carbocycles. The van der Waals surface area contributed by atoms with E-state index in [1.807, 2.05) is 0 Å². The number of hydrogen-bond acceptors (Lipinski definition) is 6. The number of anilines is 2. The zero-order valence-corrected chi connectivity index (χ0v) is 23.9. The van der Waals surface area contributed by atoms with Crippen LogP contribution in [-0.4, -0.2) is 47.7 Å². The molecule has 8 nitrogen and oxygen atoms in total. The summed E-state index contributed by atoms with van der Waals surface area (Å²) in [4.78, 5) is 31.3. The fourth-order valence-electron chi connectivity index (χ4n) is 6.59. The van der Waals surface area contributed by atoms with E-state index in [0.717, 1.165) is 0 Å². The molecule has 3 aliphatic heterocycles. The van der Waals surface area contributed by atoms with Crippen molar-refractivity contribution >= 4 is 46.4 Å². The Morgan fingerprint density at radius 2 is 0.952 bits per heavy atom. The van der Waals surface area contributed by atoms with Gasteiger partial charge in [0.1, 0.15) is 0 Å². The van der Waals surface area contributed by atoms with Crippen LogP contribution < -0.4 is 9.80 Å². The molecule has 2 N–H and O–H groups in total. The third-order valence-corrected chi connectivity index (χ3v) is 8.97. The molecule has 3 heterocycles. The van der Waals surface area contributed by atoms with E-state index >= 15 is 0 Å². The lowest BCUT2D eigenvalue weighted by atomic mass is 9.68. The van der Waals surface area contributed by atoms with E-state index in [4.69, 9.17) is 32.7 Å². The van der Waals surface area contributed by atoms with E-state index in [2.05, 4.69) is 0 Å². The lowest BCUT2D eigenvalue weighted by molar-refractivity contribution is -0.452. The van der Waals surface area contributed by atoms with Crippen LogP contribution in [0.1, 0.15) is 22.3 Å². The maximum atomic E-state index is 14.4. The second-order valence-corrected chi connectivity index (χ2v) is 11.5. The zero-order chi connectivity index (χ0) is 29.7. The van der Waals surface area contributed by atoms with E-state index in [0.29, 0.717) is 11.4 Å². The summed E-state index contributed by atoms with van der Waals surface area (Å²) >= 11 is 13.0. The Hall–Kier alpha value is -3.76. The summed E-state index contributed by atoms with van der Waals surface area (Å²) in [6.07, 6.45) is 0. The van der Waals surface area contributed by atoms with Crippen molar-refractivity contribution in [3.05, 3.63) is 129 Å². The first kappa shape index (κ1) is 27.1. The van der Waals surface area contributed by atoms with Crippen molar-refractivity contribution < 1.29 is 29.3 Å². The molecule has 212 valence electrons. The van der Waals surface area contributed by atoms with Gasteiger partial charge in [0.05, 0.1) is 11.4 Å². The van der Waals surface area contributed by atoms with E-state index in [1.165, 1.54) is 36.0 Å². The number of hydrogen-bond donors (Lipinski definition) is 2. The van der Waals surface area contributed by atoms with Gasteiger partial charge in [-0.15, -0.1) is 0 Å². The van der Waals surface area contributed by atoms with Gasteiger partial charge in [-0.3, -0.25) is 9.59 Å². The molecule has 10 heteroatoms. The molecule has 0 saturated carbocycles. The summed E-state index contributed by atoms with van der Waals surface area (Å²) in [6.45, 7) is 0. The average Bonchev–Trinajstić information content (AvgIpc) is 3.00. The van der Waals surface area contributed by atoms with E-state index < -0.39 is 34.6 Å². The smallest absolute Gasteiger partial charge is 0.290 e. The minimum atomic E-state index is -2.83. The summed E-state index contributed by atoms with van der Waals surface area (Å²) < 4.78 is 13.5. The second kappa shape index (κ2) is 8.87. The molecule has 0 bridgehead atoms. The van der Waals surface area contributed by atoms with Crippen LogP contribution in [0.15, 0.2) is 97.1 Å². The number of carbonyl (C=O) groups excluding carboxylic acids is 2. The van der Waals surface area contributed by atoms with Gasteiger partial charge in [0.2, 0.25) is 0 Å². The number of ether oxygens (including phenoxy) is 2. The summed E-state index contributed by atoms with van der Waals surface area (Å²) in [5, 5.41) is 26.2. The third kappa shape index (κ3) is 3.11. The monoisotopic (exact) mass is 602 g/mol. The first-order valence-corrected chi connectivity index (χ1v) is 13.9. The lowest BCUT2D eigenvalue weighted by Crippen LogP contribution is -2.82. The van der Waals surface area contributed by atoms with Crippen molar-refractivity contribution in [2.24, 2.45) is 0 Å². The standard InChI is InChI=1S/C32H24Cl2N2O6/c1-35-25-15-13-21(33)17-23(25)29(19-9-5-3-6-10-19)31(39,27(35)37)41-30(20-11-7-4-8-12-20)24-18-22(34)14-16-26(24)36(2)28(38)32(30,40)42-29/h3-18,39-40H,1-2H3. The van der Waals surface area contributed by atoms with Gasteiger partial charge in [-0.2, -0.15) is 0 Å². The molecular weight excluding hydrogens is 579 g/mol. The largest absolute Gasteiger partial charge is 0.355 e. The molecule has 1 fully saturated rings. The van der Waals surface area contributed by atoms with Crippen molar-refractivity contribution in [1.29, 1.82) is 0 Å². The van der Waals surface area contributed by atoms with Crippen LogP contribution in [0, 0.1) is 0 Å². The number of likely N-dealkylation sites (N-methyl/N-ethyl adjacent to an activating group) is 2. The fourth-order valence-corrected chi connectivity index (χ4v) is 6.94. The van der Waals surface area contributed by atoms with Crippen molar-refractivity contribution in [2.45, 2.75) is 22.8 Å². The first-order chi connectivity index (χ1) is 20.0. The summed E-state index contributed by atoms with van der Waals surface area (Å²) in [5.74, 6) is -7.43. The highest BCUT2D eigenvalue weighted by molar-refractivity contribution is 6.31. The predicted octanol–water partition coefficient (Wildman–Crippen LogP) is 4.56. The molecule has 42 heavy (non-hydrogen) atoms. The van der Waals surface area contributed by atoms with Crippen molar-refractivity contribution in [1.82, 2.24) is 0 Å². The highest BCUT2D eigenvalue weighted by Crippen LogP contribution is 2.65. The number of carbonyl (C=O) groups is 2. The van der Waals surface area contributed by atoms with E-state index in [1.54, 1.807) is 84.9 Å². The number of halogens is 2. The zero-order valence-electron chi connectivity index (χ0n) is 22.4. The second-order valence-electron chi connectivity index (χ2n) is 10.6. The number of nitrogens with zero attached hydrogens (tertiary/aromatic N) is 2. The van der Waals surface area contributed by atoms with Crippen LogP contribution in [-0.2, 0) is 30.3 Å². The highest BCUT2D eigenvalue weighted by Gasteiger charge is 2.81. The summed E-state index contributed by atoms with van der Waals surface area (Å²) in [7, 11) is 2.98. The minimum absolute atomic E-state index is 0.216. The van der Waals surface area contributed by atoms with Gasteiger partial charge in [0.15, 0.2) is 11.2 Å². The van der Waals surface area contributed by atoms with Crippen LogP contribution in [0.4, 0.5) is 11.4 Å². The molecule has 0 radical (unpaired) electrons. The highest BCUT2D eigenvalue weighted by atomic mass is 35.5. The van der Waals surface area contributed by atoms with Crippen LogP contribution in [0.3, 0.4) is 0 Å². The molecule has 4 aromatic rings. The SMILES string of the molecule is CN1C(=O)C2(O)OC3(c4ccccc4)c4cc(Cl)ccc4N(C)C(=O)C3(O)OC2(c2ccccc2)c2cc(Cl)ccc21. The summed E-state index contributed by atoms with van der Waals surface area (Å²) in [6, 6.07) is 26.2. The fraction of sp³-hybridized carbons (Fsp3) is 0.188. The minimum Gasteiger partial charge on any atom is -0.355 e. The number of aliphatic hydroxyl groups is 2. The van der Waals surface area contributed by atoms with Crippen LogP contribution in [0.25, 0.3) is 0 Å². The molecule has 4 unspecified atom stereocenters. The molecule has 0 spiro atoms. The van der Waals surface area contributed by atoms with Gasteiger partial charge in [0, 0.05) is 35.3 Å². The normalized spacial score (nSPS) is 29.9. The van der Waals surface area contributed by atoms with Crippen LogP contribution in [0.2, 0.25) is 10.0 Å². The maximum Gasteiger partial charge on any atom is 0.290 e. The molecular formula is C32H24Cl2N2O6. The molecule has 0 aromatic heterocycles. The molecule has 2 amide bonds. The Morgan fingerprint density at radius 3 is 1.31 bits per heavy atom.